The van der Waals surface area contributed by atoms with Gasteiger partial charge >= 0.3 is 0 Å². The van der Waals surface area contributed by atoms with E-state index < -0.39 is 0 Å². The topological polar surface area (TPSA) is 57.3 Å². The smallest absolute Gasteiger partial charge is 0.269 e. The Morgan fingerprint density at radius 1 is 1.52 bits per heavy atom. The summed E-state index contributed by atoms with van der Waals surface area (Å²) < 4.78 is 0. The number of likely N-dealkylation sites (tertiary alicyclic amines) is 1. The summed E-state index contributed by atoms with van der Waals surface area (Å²) in [6, 6.07) is 3.71. The van der Waals surface area contributed by atoms with Crippen molar-refractivity contribution in [3.8, 4) is 0 Å². The predicted molar refractivity (Wildman–Crippen MR) is 85.6 cm³/mol. The van der Waals surface area contributed by atoms with Crippen molar-refractivity contribution in [3.05, 3.63) is 24.0 Å². The monoisotopic (exact) mass is 290 g/mol. The first-order chi connectivity index (χ1) is 10.2. The molecule has 1 aliphatic rings. The SMILES string of the molecule is CCCNc1ccnc(C(=O)NCC2CCCN(C)C2)c1. The van der Waals surface area contributed by atoms with E-state index >= 15 is 0 Å². The normalized spacial score (nSPS) is 19.2. The maximum absolute atomic E-state index is 12.2. The molecule has 1 saturated heterocycles. The number of pyridine rings is 1. The van der Waals surface area contributed by atoms with Gasteiger partial charge in [0.1, 0.15) is 5.69 Å². The maximum Gasteiger partial charge on any atom is 0.269 e. The Kier molecular flexibility index (Phi) is 5.99. The third-order valence-corrected chi connectivity index (χ3v) is 3.85. The molecule has 2 N–H and O–H groups in total. The molecule has 0 aromatic carbocycles. The number of carbonyl (C=O) groups excluding carboxylic acids is 1. The zero-order valence-electron chi connectivity index (χ0n) is 13.1. The third-order valence-electron chi connectivity index (χ3n) is 3.85. The molecule has 0 spiro atoms. The van der Waals surface area contributed by atoms with Crippen LogP contribution in [0.1, 0.15) is 36.7 Å². The number of aromatic nitrogens is 1. The van der Waals surface area contributed by atoms with Crippen LogP contribution in [0.25, 0.3) is 0 Å². The van der Waals surface area contributed by atoms with Crippen LogP contribution in [0.4, 0.5) is 5.69 Å². The van der Waals surface area contributed by atoms with Gasteiger partial charge in [-0.05, 0) is 50.9 Å². The van der Waals surface area contributed by atoms with Gasteiger partial charge in [-0.1, -0.05) is 6.92 Å². The number of anilines is 1. The van der Waals surface area contributed by atoms with Crippen molar-refractivity contribution in [1.82, 2.24) is 15.2 Å². The van der Waals surface area contributed by atoms with Crippen molar-refractivity contribution in [2.24, 2.45) is 5.92 Å². The quantitative estimate of drug-likeness (QED) is 0.841. The van der Waals surface area contributed by atoms with E-state index in [-0.39, 0.29) is 5.91 Å². The lowest BCUT2D eigenvalue weighted by Crippen LogP contribution is -2.39. The Balaban J connectivity index is 1.85. The largest absolute Gasteiger partial charge is 0.385 e. The summed E-state index contributed by atoms with van der Waals surface area (Å²) in [6.07, 6.45) is 5.14. The highest BCUT2D eigenvalue weighted by molar-refractivity contribution is 5.93. The minimum Gasteiger partial charge on any atom is -0.385 e. The second kappa shape index (κ2) is 7.98. The Bertz CT molecular complexity index is 463. The summed E-state index contributed by atoms with van der Waals surface area (Å²) in [5, 5.41) is 6.29. The second-order valence-electron chi connectivity index (χ2n) is 5.84. The van der Waals surface area contributed by atoms with Gasteiger partial charge in [-0.15, -0.1) is 0 Å². The first-order valence-electron chi connectivity index (χ1n) is 7.85. The number of piperidine rings is 1. The fourth-order valence-electron chi connectivity index (χ4n) is 2.70. The van der Waals surface area contributed by atoms with Crippen LogP contribution in [-0.4, -0.2) is 49.0 Å². The molecule has 2 heterocycles. The van der Waals surface area contributed by atoms with Gasteiger partial charge < -0.3 is 15.5 Å². The number of nitrogens with zero attached hydrogens (tertiary/aromatic N) is 2. The van der Waals surface area contributed by atoms with Gasteiger partial charge in [-0.3, -0.25) is 9.78 Å². The van der Waals surface area contributed by atoms with Gasteiger partial charge in [0.15, 0.2) is 0 Å². The van der Waals surface area contributed by atoms with Crippen molar-refractivity contribution in [2.75, 3.05) is 38.5 Å². The molecule has 0 saturated carbocycles. The van der Waals surface area contributed by atoms with Gasteiger partial charge in [0, 0.05) is 31.5 Å². The molecular weight excluding hydrogens is 264 g/mol. The van der Waals surface area contributed by atoms with E-state index in [2.05, 4.69) is 34.5 Å². The van der Waals surface area contributed by atoms with Gasteiger partial charge in [0.25, 0.3) is 5.91 Å². The highest BCUT2D eigenvalue weighted by Crippen LogP contribution is 2.14. The minimum absolute atomic E-state index is 0.0802. The van der Waals surface area contributed by atoms with Crippen LogP contribution in [-0.2, 0) is 0 Å². The Morgan fingerprint density at radius 3 is 3.14 bits per heavy atom. The highest BCUT2D eigenvalue weighted by atomic mass is 16.1. The van der Waals surface area contributed by atoms with Crippen LogP contribution < -0.4 is 10.6 Å². The van der Waals surface area contributed by atoms with Crippen LogP contribution >= 0.6 is 0 Å². The molecule has 1 fully saturated rings. The summed E-state index contributed by atoms with van der Waals surface area (Å²) in [4.78, 5) is 18.7. The molecule has 116 valence electrons. The summed E-state index contributed by atoms with van der Waals surface area (Å²) >= 11 is 0. The molecule has 1 atom stereocenters. The lowest BCUT2D eigenvalue weighted by atomic mass is 9.98. The van der Waals surface area contributed by atoms with E-state index in [0.29, 0.717) is 11.6 Å². The van der Waals surface area contributed by atoms with Crippen molar-refractivity contribution < 1.29 is 4.79 Å². The number of nitrogens with one attached hydrogen (secondary N) is 2. The van der Waals surface area contributed by atoms with Crippen LogP contribution in [0.15, 0.2) is 18.3 Å². The van der Waals surface area contributed by atoms with E-state index in [9.17, 15) is 4.79 Å². The number of hydrogen-bond donors (Lipinski definition) is 2. The molecule has 1 aromatic rings. The van der Waals surface area contributed by atoms with Crippen LogP contribution in [0.5, 0.6) is 0 Å². The van der Waals surface area contributed by atoms with E-state index in [4.69, 9.17) is 0 Å². The molecule has 5 nitrogen and oxygen atoms in total. The molecule has 1 aliphatic heterocycles. The second-order valence-corrected chi connectivity index (χ2v) is 5.84. The number of hydrogen-bond acceptors (Lipinski definition) is 4. The third kappa shape index (κ3) is 5.01. The van der Waals surface area contributed by atoms with Crippen LogP contribution in [0.2, 0.25) is 0 Å². The lowest BCUT2D eigenvalue weighted by molar-refractivity contribution is 0.0932. The first-order valence-corrected chi connectivity index (χ1v) is 7.85. The van der Waals surface area contributed by atoms with Crippen molar-refractivity contribution in [3.63, 3.8) is 0 Å². The van der Waals surface area contributed by atoms with Gasteiger partial charge in [-0.2, -0.15) is 0 Å². The summed E-state index contributed by atoms with van der Waals surface area (Å²) in [6.45, 7) is 5.98. The van der Waals surface area contributed by atoms with Crippen molar-refractivity contribution >= 4 is 11.6 Å². The Labute approximate surface area is 127 Å². The minimum atomic E-state index is -0.0802. The molecular formula is C16H26N4O. The zero-order valence-corrected chi connectivity index (χ0v) is 13.1. The van der Waals surface area contributed by atoms with E-state index in [1.165, 1.54) is 12.8 Å². The first kappa shape index (κ1) is 15.8. The molecule has 1 unspecified atom stereocenters. The Morgan fingerprint density at radius 2 is 2.38 bits per heavy atom. The zero-order chi connectivity index (χ0) is 15.1. The standard InChI is InChI=1S/C16H26N4O/c1-3-7-17-14-6-8-18-15(10-14)16(21)19-11-13-5-4-9-20(2)12-13/h6,8,10,13H,3-5,7,9,11-12H2,1-2H3,(H,17,18)(H,19,21). The molecule has 21 heavy (non-hydrogen) atoms. The lowest BCUT2D eigenvalue weighted by Gasteiger charge is -2.29. The van der Waals surface area contributed by atoms with Crippen LogP contribution in [0, 0.1) is 5.92 Å². The fourth-order valence-corrected chi connectivity index (χ4v) is 2.70. The molecule has 0 bridgehead atoms. The Hall–Kier alpha value is -1.62. The highest BCUT2D eigenvalue weighted by Gasteiger charge is 2.18. The van der Waals surface area contributed by atoms with Gasteiger partial charge in [0.2, 0.25) is 0 Å². The number of amides is 1. The average Bonchev–Trinajstić information content (AvgIpc) is 2.51. The molecule has 5 heteroatoms. The van der Waals surface area contributed by atoms with Crippen molar-refractivity contribution in [2.45, 2.75) is 26.2 Å². The maximum atomic E-state index is 12.2. The number of rotatable bonds is 6. The van der Waals surface area contributed by atoms with E-state index in [0.717, 1.165) is 38.3 Å². The van der Waals surface area contributed by atoms with E-state index in [1.807, 2.05) is 12.1 Å². The molecule has 1 aromatic heterocycles. The predicted octanol–water partition coefficient (Wildman–Crippen LogP) is 1.98. The summed E-state index contributed by atoms with van der Waals surface area (Å²) in [5.41, 5.74) is 1.44. The molecule has 1 amide bonds. The molecule has 0 aliphatic carbocycles. The number of carbonyl (C=O) groups is 1. The van der Waals surface area contributed by atoms with E-state index in [1.54, 1.807) is 6.20 Å². The summed E-state index contributed by atoms with van der Waals surface area (Å²) in [5.74, 6) is 0.470. The molecule has 0 radical (unpaired) electrons. The summed E-state index contributed by atoms with van der Waals surface area (Å²) in [7, 11) is 2.14. The fraction of sp³-hybridized carbons (Fsp3) is 0.625. The average molecular weight is 290 g/mol. The van der Waals surface area contributed by atoms with Crippen molar-refractivity contribution in [1.29, 1.82) is 0 Å². The van der Waals surface area contributed by atoms with Crippen LogP contribution in [0.3, 0.4) is 0 Å². The van der Waals surface area contributed by atoms with Gasteiger partial charge in [-0.25, -0.2) is 0 Å². The van der Waals surface area contributed by atoms with Gasteiger partial charge in [0.05, 0.1) is 0 Å². The molecule has 2 rings (SSSR count).